The first-order chi connectivity index (χ1) is 23.1. The summed E-state index contributed by atoms with van der Waals surface area (Å²) >= 11 is 0. The normalized spacial score (nSPS) is 18.5. The van der Waals surface area contributed by atoms with Crippen LogP contribution in [0.2, 0.25) is 0 Å². The highest BCUT2D eigenvalue weighted by atomic mass is 16.6. The molecule has 5 amide bonds. The molecule has 0 radical (unpaired) electrons. The van der Waals surface area contributed by atoms with Crippen LogP contribution in [0.3, 0.4) is 0 Å². The molecular weight excluding hydrogens is 624 g/mol. The molecule has 3 aliphatic rings. The number of likely N-dealkylation sites (tertiary alicyclic amines) is 1. The zero-order valence-corrected chi connectivity index (χ0v) is 27.0. The van der Waals surface area contributed by atoms with Crippen molar-refractivity contribution in [3.63, 3.8) is 0 Å². The Kier molecular flexibility index (Phi) is 11.3. The number of carboxylic acids is 1. The Balaban J connectivity index is 1.25. The maximum atomic E-state index is 13.5. The predicted molar refractivity (Wildman–Crippen MR) is 171 cm³/mol. The maximum Gasteiger partial charge on any atom is 0.409 e. The molecule has 1 aliphatic carbocycles. The van der Waals surface area contributed by atoms with Crippen molar-refractivity contribution in [3.8, 4) is 5.75 Å². The van der Waals surface area contributed by atoms with Gasteiger partial charge < -0.3 is 39.9 Å². The number of carbonyl (C=O) groups is 6. The van der Waals surface area contributed by atoms with Gasteiger partial charge in [0.1, 0.15) is 17.5 Å². The molecule has 1 saturated carbocycles. The number of rotatable bonds is 12. The Morgan fingerprint density at radius 1 is 0.979 bits per heavy atom. The highest BCUT2D eigenvalue weighted by molar-refractivity contribution is 5.99. The number of carbonyl (C=O) groups excluding carboxylic acids is 5. The van der Waals surface area contributed by atoms with E-state index in [4.69, 9.17) is 9.47 Å². The molecule has 0 bridgehead atoms. The highest BCUT2D eigenvalue weighted by Crippen LogP contribution is 2.27. The molecule has 0 spiro atoms. The number of pyridine rings is 1. The number of benzene rings is 1. The fourth-order valence-electron chi connectivity index (χ4n) is 5.88. The summed E-state index contributed by atoms with van der Waals surface area (Å²) in [5.41, 5.74) is 0.345. The van der Waals surface area contributed by atoms with E-state index < -0.39 is 29.9 Å². The fraction of sp³-hybridized carbons (Fsp3) is 0.545. The molecule has 1 aromatic carbocycles. The highest BCUT2D eigenvalue weighted by Gasteiger charge is 2.33. The first-order valence-corrected chi connectivity index (χ1v) is 16.5. The monoisotopic (exact) mass is 666 g/mol. The van der Waals surface area contributed by atoms with E-state index in [-0.39, 0.29) is 87.5 Å². The molecule has 2 aliphatic heterocycles. The third kappa shape index (κ3) is 8.89. The molecule has 2 saturated heterocycles. The van der Waals surface area contributed by atoms with Crippen molar-refractivity contribution in [2.45, 2.75) is 57.5 Å². The Morgan fingerprint density at radius 2 is 1.71 bits per heavy atom. The number of ether oxygens (including phenoxy) is 2. The van der Waals surface area contributed by atoms with Crippen molar-refractivity contribution in [2.75, 3.05) is 52.5 Å². The van der Waals surface area contributed by atoms with Crippen molar-refractivity contribution in [1.82, 2.24) is 30.3 Å². The minimum atomic E-state index is -1.16. The first-order valence-electron chi connectivity index (χ1n) is 16.5. The molecule has 2 aromatic rings. The van der Waals surface area contributed by atoms with Crippen LogP contribution < -0.4 is 15.4 Å². The van der Waals surface area contributed by atoms with Crippen molar-refractivity contribution >= 4 is 46.6 Å². The average molecular weight is 667 g/mol. The van der Waals surface area contributed by atoms with E-state index in [0.717, 1.165) is 19.3 Å². The van der Waals surface area contributed by atoms with Crippen LogP contribution in [0.5, 0.6) is 5.75 Å². The van der Waals surface area contributed by atoms with Gasteiger partial charge in [0.05, 0.1) is 18.0 Å². The molecule has 3 N–H and O–H groups in total. The largest absolute Gasteiger partial charge is 0.483 e. The minimum absolute atomic E-state index is 0.0224. The van der Waals surface area contributed by atoms with Crippen molar-refractivity contribution < 1.29 is 43.3 Å². The van der Waals surface area contributed by atoms with Gasteiger partial charge in [-0.25, -0.2) is 9.78 Å². The Morgan fingerprint density at radius 3 is 2.42 bits per heavy atom. The number of piperidine rings is 1. The van der Waals surface area contributed by atoms with Gasteiger partial charge in [-0.2, -0.15) is 0 Å². The number of hydrogen-bond acceptors (Lipinski definition) is 9. The number of amides is 5. The SMILES string of the molecule is CCOC(=O)N1CCN(C(=O)C(CCC(=O)O)NC(=O)c2cc(OCC(=O)N3CCCC(C(=O)NC4CC4)C3)c3ccccc3n2)CC1. The molecule has 48 heavy (non-hydrogen) atoms. The smallest absolute Gasteiger partial charge is 0.409 e. The summed E-state index contributed by atoms with van der Waals surface area (Å²) in [6, 6.07) is 7.42. The van der Waals surface area contributed by atoms with Crippen molar-refractivity contribution in [3.05, 3.63) is 36.0 Å². The summed E-state index contributed by atoms with van der Waals surface area (Å²) in [6.07, 6.45) is 2.42. The molecule has 15 nitrogen and oxygen atoms in total. The van der Waals surface area contributed by atoms with Gasteiger partial charge in [-0.3, -0.25) is 24.0 Å². The second-order valence-corrected chi connectivity index (χ2v) is 12.2. The second kappa shape index (κ2) is 15.8. The summed E-state index contributed by atoms with van der Waals surface area (Å²) in [6.45, 7) is 3.31. The Hall–Kier alpha value is -4.95. The van der Waals surface area contributed by atoms with E-state index in [1.54, 1.807) is 36.1 Å². The molecular formula is C33H42N6O9. The number of carboxylic acid groups (broad SMARTS) is 1. The summed E-state index contributed by atoms with van der Waals surface area (Å²) in [7, 11) is 0. The van der Waals surface area contributed by atoms with Gasteiger partial charge in [0, 0.05) is 63.2 Å². The number of piperazine rings is 1. The van der Waals surface area contributed by atoms with Gasteiger partial charge in [-0.1, -0.05) is 12.1 Å². The van der Waals surface area contributed by atoms with Crippen LogP contribution in [0, 0.1) is 5.92 Å². The van der Waals surface area contributed by atoms with Gasteiger partial charge in [0.15, 0.2) is 6.61 Å². The van der Waals surface area contributed by atoms with Gasteiger partial charge in [-0.05, 0) is 51.2 Å². The lowest BCUT2D eigenvalue weighted by molar-refractivity contribution is -0.139. The molecule has 3 heterocycles. The molecule has 5 rings (SSSR count). The Bertz CT molecular complexity index is 1540. The predicted octanol–water partition coefficient (Wildman–Crippen LogP) is 1.39. The van der Waals surface area contributed by atoms with Gasteiger partial charge >= 0.3 is 12.1 Å². The third-order valence-corrected chi connectivity index (χ3v) is 8.70. The lowest BCUT2D eigenvalue weighted by Gasteiger charge is -2.35. The summed E-state index contributed by atoms with van der Waals surface area (Å²) in [4.78, 5) is 85.3. The lowest BCUT2D eigenvalue weighted by Crippen LogP contribution is -2.56. The molecule has 3 fully saturated rings. The fourth-order valence-corrected chi connectivity index (χ4v) is 5.88. The molecule has 1 aromatic heterocycles. The van der Waals surface area contributed by atoms with E-state index in [1.165, 1.54) is 15.9 Å². The zero-order valence-electron chi connectivity index (χ0n) is 27.0. The second-order valence-electron chi connectivity index (χ2n) is 12.2. The van der Waals surface area contributed by atoms with Gasteiger partial charge in [0.2, 0.25) is 11.8 Å². The van der Waals surface area contributed by atoms with E-state index >= 15 is 0 Å². The zero-order chi connectivity index (χ0) is 34.2. The number of para-hydroxylation sites is 1. The Labute approximate surface area is 277 Å². The third-order valence-electron chi connectivity index (χ3n) is 8.70. The number of nitrogens with zero attached hydrogens (tertiary/aromatic N) is 4. The standard InChI is InChI=1S/C33H42N6O9/c1-2-47-33(46)38-16-14-37(15-17-38)32(45)25(11-12-29(41)42)36-31(44)26-18-27(23-7-3-4-8-24(23)35-26)48-20-28(40)39-13-5-6-21(19-39)30(43)34-22-9-10-22/h3-4,7-8,18,21-22,25H,2,5-6,9-17,19-20H2,1H3,(H,34,43)(H,36,44)(H,41,42). The first kappa shape index (κ1) is 34.4. The van der Waals surface area contributed by atoms with Crippen LogP contribution >= 0.6 is 0 Å². The number of aromatic nitrogens is 1. The maximum absolute atomic E-state index is 13.5. The van der Waals surface area contributed by atoms with Crippen LogP contribution in [-0.2, 0) is 23.9 Å². The summed E-state index contributed by atoms with van der Waals surface area (Å²) in [5.74, 6) is -2.64. The van der Waals surface area contributed by atoms with Crippen LogP contribution in [0.15, 0.2) is 30.3 Å². The van der Waals surface area contributed by atoms with Crippen LogP contribution in [0.25, 0.3) is 10.9 Å². The average Bonchev–Trinajstić information content (AvgIpc) is 3.92. The summed E-state index contributed by atoms with van der Waals surface area (Å²) < 4.78 is 11.0. The van der Waals surface area contributed by atoms with Crippen molar-refractivity contribution in [2.24, 2.45) is 5.92 Å². The van der Waals surface area contributed by atoms with Crippen LogP contribution in [0.4, 0.5) is 4.79 Å². The quantitative estimate of drug-likeness (QED) is 0.299. The van der Waals surface area contributed by atoms with Gasteiger partial charge in [0.25, 0.3) is 11.8 Å². The molecule has 15 heteroatoms. The van der Waals surface area contributed by atoms with Gasteiger partial charge in [-0.15, -0.1) is 0 Å². The number of hydrogen-bond donors (Lipinski definition) is 3. The molecule has 2 unspecified atom stereocenters. The lowest BCUT2D eigenvalue weighted by atomic mass is 9.97. The molecule has 2 atom stereocenters. The number of nitrogens with one attached hydrogen (secondary N) is 2. The van der Waals surface area contributed by atoms with E-state index in [1.807, 2.05) is 0 Å². The topological polar surface area (TPSA) is 188 Å². The number of aliphatic carboxylic acids is 1. The van der Waals surface area contributed by atoms with Crippen LogP contribution in [0.1, 0.15) is 55.9 Å². The number of fused-ring (bicyclic) bond motifs is 1. The summed E-state index contributed by atoms with van der Waals surface area (Å²) in [5, 5.41) is 15.5. The van der Waals surface area contributed by atoms with E-state index in [2.05, 4.69) is 15.6 Å². The van der Waals surface area contributed by atoms with Crippen molar-refractivity contribution in [1.29, 1.82) is 0 Å². The van der Waals surface area contributed by atoms with Crippen LogP contribution in [-0.4, -0.2) is 125 Å². The van der Waals surface area contributed by atoms with E-state index in [9.17, 15) is 33.9 Å². The van der Waals surface area contributed by atoms with E-state index in [0.29, 0.717) is 30.4 Å². The minimum Gasteiger partial charge on any atom is -0.483 e. The molecule has 258 valence electrons.